The third-order valence-electron chi connectivity index (χ3n) is 10.9. The van der Waals surface area contributed by atoms with Gasteiger partial charge in [-0.2, -0.15) is 0 Å². The van der Waals surface area contributed by atoms with Crippen LogP contribution < -0.4 is 0 Å². The monoisotopic (exact) mass is 432 g/mol. The van der Waals surface area contributed by atoms with Gasteiger partial charge in [-0.1, -0.05) is 27.7 Å². The number of rotatable bonds is 6. The van der Waals surface area contributed by atoms with Gasteiger partial charge in [-0.25, -0.2) is 0 Å². The highest BCUT2D eigenvalue weighted by molar-refractivity contribution is 5.87. The molecule has 0 amide bonds. The molecule has 5 heteroatoms. The standard InChI is InChI=1S/C26H40O5/c1-16(5-8-23(29)30)19-6-7-20-25(19,3)12-10-21-24(2)11-9-18(31-15-27)13-17(24)14-22(28)26(20,21)4/h15-21H,5-14H2,1-4H3,(H,29,30)/t16-,17+,18-,19-,20-,21-,24+,25?,26?/m1/s1. The molecule has 0 spiro atoms. The molecule has 0 aromatic heterocycles. The van der Waals surface area contributed by atoms with Crippen molar-refractivity contribution < 1.29 is 24.2 Å². The van der Waals surface area contributed by atoms with E-state index in [1.807, 2.05) is 0 Å². The molecule has 4 saturated carbocycles. The van der Waals surface area contributed by atoms with Crippen molar-refractivity contribution in [3.63, 3.8) is 0 Å². The summed E-state index contributed by atoms with van der Waals surface area (Å²) in [6.07, 6.45) is 8.75. The lowest BCUT2D eigenvalue weighted by Gasteiger charge is -2.65. The van der Waals surface area contributed by atoms with Gasteiger partial charge in [0.25, 0.3) is 6.47 Å². The molecule has 9 atom stereocenters. The number of fused-ring (bicyclic) bond motifs is 5. The molecule has 0 aliphatic heterocycles. The van der Waals surface area contributed by atoms with E-state index in [9.17, 15) is 14.4 Å². The number of carbonyl (C=O) groups excluding carboxylic acids is 2. The van der Waals surface area contributed by atoms with E-state index in [1.54, 1.807) is 0 Å². The van der Waals surface area contributed by atoms with Crippen molar-refractivity contribution in [2.45, 2.75) is 98.0 Å². The van der Waals surface area contributed by atoms with Crippen LogP contribution in [0.3, 0.4) is 0 Å². The third-order valence-corrected chi connectivity index (χ3v) is 10.9. The molecule has 4 fully saturated rings. The SMILES string of the molecule is C[C@H](CCC(=O)O)[C@H]1CC[C@@H]2C1(C)CC[C@H]1C2(C)C(=O)C[C@@H]2C[C@H](OC=O)CC[C@@]21C. The third kappa shape index (κ3) is 3.36. The van der Waals surface area contributed by atoms with Crippen molar-refractivity contribution in [3.8, 4) is 0 Å². The van der Waals surface area contributed by atoms with E-state index in [0.29, 0.717) is 48.3 Å². The first kappa shape index (κ1) is 22.8. The quantitative estimate of drug-likeness (QED) is 0.579. The molecule has 0 aromatic carbocycles. The lowest BCUT2D eigenvalue weighted by atomic mass is 9.39. The molecule has 0 radical (unpaired) electrons. The Labute approximate surface area is 186 Å². The van der Waals surface area contributed by atoms with Crippen LogP contribution in [0.2, 0.25) is 0 Å². The normalized spacial score (nSPS) is 47.6. The smallest absolute Gasteiger partial charge is 0.303 e. The Balaban J connectivity index is 1.60. The van der Waals surface area contributed by atoms with Gasteiger partial charge < -0.3 is 9.84 Å². The second-order valence-electron chi connectivity index (χ2n) is 12.0. The molecule has 0 heterocycles. The molecule has 0 bridgehead atoms. The van der Waals surface area contributed by atoms with Crippen LogP contribution in [-0.2, 0) is 19.1 Å². The van der Waals surface area contributed by atoms with Crippen LogP contribution in [0.4, 0.5) is 0 Å². The molecule has 4 rings (SSSR count). The molecular weight excluding hydrogens is 392 g/mol. The summed E-state index contributed by atoms with van der Waals surface area (Å²) in [5, 5.41) is 9.15. The first-order chi connectivity index (χ1) is 14.6. The predicted molar refractivity (Wildman–Crippen MR) is 117 cm³/mol. The van der Waals surface area contributed by atoms with Gasteiger partial charge in [0.1, 0.15) is 11.9 Å². The van der Waals surface area contributed by atoms with Gasteiger partial charge in [-0.15, -0.1) is 0 Å². The minimum Gasteiger partial charge on any atom is -0.481 e. The topological polar surface area (TPSA) is 80.7 Å². The van der Waals surface area contributed by atoms with Gasteiger partial charge in [-0.3, -0.25) is 14.4 Å². The maximum absolute atomic E-state index is 13.8. The Morgan fingerprint density at radius 2 is 1.81 bits per heavy atom. The number of carboxylic acid groups (broad SMARTS) is 1. The molecule has 31 heavy (non-hydrogen) atoms. The highest BCUT2D eigenvalue weighted by Gasteiger charge is 2.68. The first-order valence-corrected chi connectivity index (χ1v) is 12.4. The average molecular weight is 433 g/mol. The fraction of sp³-hybridized carbons (Fsp3) is 0.885. The molecule has 0 saturated heterocycles. The fourth-order valence-corrected chi connectivity index (χ4v) is 9.30. The maximum Gasteiger partial charge on any atom is 0.303 e. The number of carboxylic acids is 1. The van der Waals surface area contributed by atoms with Gasteiger partial charge in [0.2, 0.25) is 0 Å². The van der Waals surface area contributed by atoms with E-state index in [4.69, 9.17) is 9.84 Å². The minimum absolute atomic E-state index is 0.0347. The van der Waals surface area contributed by atoms with Crippen LogP contribution in [-0.4, -0.2) is 29.4 Å². The highest BCUT2D eigenvalue weighted by Crippen LogP contribution is 2.72. The van der Waals surface area contributed by atoms with Gasteiger partial charge >= 0.3 is 5.97 Å². The summed E-state index contributed by atoms with van der Waals surface area (Å²) in [4.78, 5) is 35.8. The van der Waals surface area contributed by atoms with Crippen LogP contribution in [0.5, 0.6) is 0 Å². The average Bonchev–Trinajstić information content (AvgIpc) is 3.06. The molecule has 4 aliphatic carbocycles. The van der Waals surface area contributed by atoms with Gasteiger partial charge in [0, 0.05) is 18.3 Å². The number of ketones is 1. The van der Waals surface area contributed by atoms with E-state index >= 15 is 0 Å². The second-order valence-corrected chi connectivity index (χ2v) is 12.0. The van der Waals surface area contributed by atoms with E-state index in [0.717, 1.165) is 51.4 Å². The van der Waals surface area contributed by atoms with Crippen molar-refractivity contribution in [2.75, 3.05) is 0 Å². The van der Waals surface area contributed by atoms with E-state index < -0.39 is 5.97 Å². The van der Waals surface area contributed by atoms with E-state index in [2.05, 4.69) is 27.7 Å². The number of ether oxygens (including phenoxy) is 1. The largest absolute Gasteiger partial charge is 0.481 e. The number of carbonyl (C=O) groups is 3. The zero-order valence-electron chi connectivity index (χ0n) is 19.7. The summed E-state index contributed by atoms with van der Waals surface area (Å²) in [7, 11) is 0. The molecule has 4 aliphatic rings. The number of Topliss-reactive ketones (excluding diaryl/α,β-unsaturated/α-hetero) is 1. The highest BCUT2D eigenvalue weighted by atomic mass is 16.5. The molecular formula is C26H40O5. The number of hydrogen-bond donors (Lipinski definition) is 1. The lowest BCUT2D eigenvalue weighted by Crippen LogP contribution is -2.63. The molecule has 5 nitrogen and oxygen atoms in total. The first-order valence-electron chi connectivity index (χ1n) is 12.4. The van der Waals surface area contributed by atoms with Gasteiger partial charge in [-0.05, 0) is 91.8 Å². The molecule has 0 aromatic rings. The molecule has 174 valence electrons. The van der Waals surface area contributed by atoms with Crippen molar-refractivity contribution in [1.29, 1.82) is 0 Å². The van der Waals surface area contributed by atoms with Crippen molar-refractivity contribution in [1.82, 2.24) is 0 Å². The Bertz CT molecular complexity index is 748. The van der Waals surface area contributed by atoms with Crippen LogP contribution in [0, 0.1) is 45.8 Å². The minimum atomic E-state index is -0.710. The van der Waals surface area contributed by atoms with E-state index in [-0.39, 0.29) is 28.8 Å². The van der Waals surface area contributed by atoms with Crippen LogP contribution in [0.25, 0.3) is 0 Å². The molecule has 1 N–H and O–H groups in total. The second kappa shape index (κ2) is 7.88. The fourth-order valence-electron chi connectivity index (χ4n) is 9.30. The zero-order chi connectivity index (χ0) is 22.6. The Morgan fingerprint density at radius 3 is 2.48 bits per heavy atom. The van der Waals surface area contributed by atoms with Crippen molar-refractivity contribution in [2.24, 2.45) is 45.8 Å². The van der Waals surface area contributed by atoms with Crippen LogP contribution in [0.15, 0.2) is 0 Å². The maximum atomic E-state index is 13.8. The van der Waals surface area contributed by atoms with Crippen LogP contribution >= 0.6 is 0 Å². The summed E-state index contributed by atoms with van der Waals surface area (Å²) in [6, 6.07) is 0. The Morgan fingerprint density at radius 1 is 1.13 bits per heavy atom. The summed E-state index contributed by atoms with van der Waals surface area (Å²) in [5.74, 6) is 1.71. The number of aliphatic carboxylic acids is 1. The summed E-state index contributed by atoms with van der Waals surface area (Å²) < 4.78 is 5.31. The molecule has 2 unspecified atom stereocenters. The Hall–Kier alpha value is -1.39. The van der Waals surface area contributed by atoms with Crippen molar-refractivity contribution >= 4 is 18.2 Å². The van der Waals surface area contributed by atoms with E-state index in [1.165, 1.54) is 0 Å². The summed E-state index contributed by atoms with van der Waals surface area (Å²) in [6.45, 7) is 9.89. The number of hydrogen-bond acceptors (Lipinski definition) is 4. The van der Waals surface area contributed by atoms with Crippen LogP contribution in [0.1, 0.15) is 91.9 Å². The lowest BCUT2D eigenvalue weighted by molar-refractivity contribution is -0.187. The van der Waals surface area contributed by atoms with Gasteiger partial charge in [0.15, 0.2) is 0 Å². The predicted octanol–water partition coefficient (Wildman–Crippen LogP) is 5.26. The van der Waals surface area contributed by atoms with Gasteiger partial charge in [0.05, 0.1) is 0 Å². The summed E-state index contributed by atoms with van der Waals surface area (Å²) >= 11 is 0. The zero-order valence-corrected chi connectivity index (χ0v) is 19.7. The Kier molecular flexibility index (Phi) is 5.79. The summed E-state index contributed by atoms with van der Waals surface area (Å²) in [5.41, 5.74) is -0.0164. The van der Waals surface area contributed by atoms with Crippen molar-refractivity contribution in [3.05, 3.63) is 0 Å².